The van der Waals surface area contributed by atoms with E-state index < -0.39 is 0 Å². The van der Waals surface area contributed by atoms with Crippen molar-refractivity contribution in [2.45, 2.75) is 33.0 Å². The third-order valence-electron chi connectivity index (χ3n) is 4.20. The second kappa shape index (κ2) is 8.44. The molecule has 0 unspecified atom stereocenters. The van der Waals surface area contributed by atoms with E-state index in [4.69, 9.17) is 4.74 Å². The number of methoxy groups -OCH3 is 1. The lowest BCUT2D eigenvalue weighted by atomic mass is 10.2. The van der Waals surface area contributed by atoms with Gasteiger partial charge in [-0.05, 0) is 36.8 Å². The van der Waals surface area contributed by atoms with Gasteiger partial charge in [-0.15, -0.1) is 10.2 Å². The van der Waals surface area contributed by atoms with E-state index in [1.54, 1.807) is 7.11 Å². The molecule has 0 atom stereocenters. The summed E-state index contributed by atoms with van der Waals surface area (Å²) in [6, 6.07) is 17.4. The lowest BCUT2D eigenvalue weighted by molar-refractivity contribution is -0.134. The predicted octanol–water partition coefficient (Wildman–Crippen LogP) is 2.79. The van der Waals surface area contributed by atoms with Gasteiger partial charge in [0.05, 0.1) is 7.11 Å². The van der Waals surface area contributed by atoms with Gasteiger partial charge in [0.2, 0.25) is 11.7 Å². The fraction of sp³-hybridized carbons (Fsp3) is 0.300. The summed E-state index contributed by atoms with van der Waals surface area (Å²) >= 11 is 0. The SMILES string of the molecule is COc1cccc(-c2nnn(CC(=O)N(Cc3ccccc3)C(C)C)n2)c1. The summed E-state index contributed by atoms with van der Waals surface area (Å²) < 4.78 is 5.22. The van der Waals surface area contributed by atoms with E-state index in [-0.39, 0.29) is 18.5 Å². The Morgan fingerprint density at radius 2 is 1.93 bits per heavy atom. The summed E-state index contributed by atoms with van der Waals surface area (Å²) in [5.74, 6) is 1.12. The molecule has 0 aliphatic carbocycles. The van der Waals surface area contributed by atoms with Crippen LogP contribution in [0.1, 0.15) is 19.4 Å². The molecule has 0 aliphatic rings. The van der Waals surface area contributed by atoms with Crippen LogP contribution in [0.3, 0.4) is 0 Å². The first-order valence-corrected chi connectivity index (χ1v) is 8.82. The summed E-state index contributed by atoms with van der Waals surface area (Å²) in [4.78, 5) is 15.9. The summed E-state index contributed by atoms with van der Waals surface area (Å²) in [6.07, 6.45) is 0. The van der Waals surface area contributed by atoms with Gasteiger partial charge >= 0.3 is 0 Å². The van der Waals surface area contributed by atoms with E-state index in [2.05, 4.69) is 15.4 Å². The van der Waals surface area contributed by atoms with Crippen LogP contribution in [0.5, 0.6) is 5.75 Å². The first-order chi connectivity index (χ1) is 13.1. The highest BCUT2D eigenvalue weighted by atomic mass is 16.5. The molecule has 3 rings (SSSR count). The number of hydrogen-bond donors (Lipinski definition) is 0. The summed E-state index contributed by atoms with van der Waals surface area (Å²) in [5, 5.41) is 12.4. The highest BCUT2D eigenvalue weighted by Crippen LogP contribution is 2.20. The minimum atomic E-state index is -0.0524. The van der Waals surface area contributed by atoms with Crippen molar-refractivity contribution in [2.75, 3.05) is 7.11 Å². The Kier molecular flexibility index (Phi) is 5.80. The average Bonchev–Trinajstić information content (AvgIpc) is 3.15. The zero-order valence-corrected chi connectivity index (χ0v) is 15.7. The largest absolute Gasteiger partial charge is 0.497 e. The predicted molar refractivity (Wildman–Crippen MR) is 102 cm³/mol. The average molecular weight is 365 g/mol. The van der Waals surface area contributed by atoms with Crippen LogP contribution in [-0.2, 0) is 17.9 Å². The van der Waals surface area contributed by atoms with Crippen LogP contribution in [0.4, 0.5) is 0 Å². The molecule has 0 saturated heterocycles. The molecule has 7 nitrogen and oxygen atoms in total. The van der Waals surface area contributed by atoms with Crippen molar-refractivity contribution in [2.24, 2.45) is 0 Å². The molecule has 1 heterocycles. The minimum absolute atomic E-state index is 0.0436. The highest BCUT2D eigenvalue weighted by Gasteiger charge is 2.19. The second-order valence-corrected chi connectivity index (χ2v) is 6.48. The van der Waals surface area contributed by atoms with E-state index in [1.165, 1.54) is 4.80 Å². The van der Waals surface area contributed by atoms with Crippen molar-refractivity contribution in [3.63, 3.8) is 0 Å². The number of benzene rings is 2. The molecule has 27 heavy (non-hydrogen) atoms. The van der Waals surface area contributed by atoms with Gasteiger partial charge < -0.3 is 9.64 Å². The fourth-order valence-corrected chi connectivity index (χ4v) is 2.74. The van der Waals surface area contributed by atoms with Crippen LogP contribution in [0.15, 0.2) is 54.6 Å². The van der Waals surface area contributed by atoms with Gasteiger partial charge in [0.25, 0.3) is 0 Å². The summed E-state index contributed by atoms with van der Waals surface area (Å²) in [5.41, 5.74) is 1.88. The number of carbonyl (C=O) groups excluding carboxylic acids is 1. The summed E-state index contributed by atoms with van der Waals surface area (Å²) in [7, 11) is 1.61. The van der Waals surface area contributed by atoms with Crippen molar-refractivity contribution in [3.8, 4) is 17.1 Å². The zero-order valence-electron chi connectivity index (χ0n) is 15.7. The molecule has 7 heteroatoms. The smallest absolute Gasteiger partial charge is 0.246 e. The number of carbonyl (C=O) groups is 1. The van der Waals surface area contributed by atoms with Gasteiger partial charge in [-0.3, -0.25) is 4.79 Å². The molecule has 0 bridgehead atoms. The number of rotatable bonds is 7. The van der Waals surface area contributed by atoms with Crippen molar-refractivity contribution in [1.29, 1.82) is 0 Å². The first kappa shape index (κ1) is 18.6. The van der Waals surface area contributed by atoms with Crippen LogP contribution in [0.25, 0.3) is 11.4 Å². The Hall–Kier alpha value is -3.22. The molecule has 3 aromatic rings. The van der Waals surface area contributed by atoms with Crippen LogP contribution >= 0.6 is 0 Å². The van der Waals surface area contributed by atoms with Crippen LogP contribution < -0.4 is 4.74 Å². The van der Waals surface area contributed by atoms with Gasteiger partial charge in [-0.25, -0.2) is 0 Å². The molecule has 2 aromatic carbocycles. The van der Waals surface area contributed by atoms with E-state index in [0.29, 0.717) is 18.1 Å². The molecule has 1 aromatic heterocycles. The second-order valence-electron chi connectivity index (χ2n) is 6.48. The number of aromatic nitrogens is 4. The fourth-order valence-electron chi connectivity index (χ4n) is 2.74. The number of ether oxygens (including phenoxy) is 1. The number of nitrogens with zero attached hydrogens (tertiary/aromatic N) is 5. The number of amides is 1. The minimum Gasteiger partial charge on any atom is -0.497 e. The first-order valence-electron chi connectivity index (χ1n) is 8.82. The quantitative estimate of drug-likeness (QED) is 0.644. The van der Waals surface area contributed by atoms with Crippen LogP contribution in [0.2, 0.25) is 0 Å². The Balaban J connectivity index is 1.72. The Bertz CT molecular complexity index is 892. The monoisotopic (exact) mass is 365 g/mol. The maximum atomic E-state index is 12.8. The van der Waals surface area contributed by atoms with Gasteiger partial charge in [-0.2, -0.15) is 4.80 Å². The molecular formula is C20H23N5O2. The Labute approximate surface area is 158 Å². The molecule has 0 fully saturated rings. The molecule has 0 saturated carbocycles. The lowest BCUT2D eigenvalue weighted by Gasteiger charge is -2.26. The number of tetrazole rings is 1. The highest BCUT2D eigenvalue weighted by molar-refractivity contribution is 5.76. The van der Waals surface area contributed by atoms with Crippen LogP contribution in [-0.4, -0.2) is 44.2 Å². The molecule has 0 spiro atoms. The molecular weight excluding hydrogens is 342 g/mol. The van der Waals surface area contributed by atoms with E-state index in [0.717, 1.165) is 11.1 Å². The van der Waals surface area contributed by atoms with Gasteiger partial charge in [0.15, 0.2) is 0 Å². The molecule has 140 valence electrons. The van der Waals surface area contributed by atoms with E-state index >= 15 is 0 Å². The topological polar surface area (TPSA) is 73.1 Å². The van der Waals surface area contributed by atoms with Gasteiger partial charge in [-0.1, -0.05) is 42.5 Å². The molecule has 0 N–H and O–H groups in total. The number of hydrogen-bond acceptors (Lipinski definition) is 5. The maximum Gasteiger partial charge on any atom is 0.246 e. The lowest BCUT2D eigenvalue weighted by Crippen LogP contribution is -2.39. The molecule has 0 aliphatic heterocycles. The summed E-state index contributed by atoms with van der Waals surface area (Å²) in [6.45, 7) is 4.59. The van der Waals surface area contributed by atoms with Gasteiger partial charge in [0, 0.05) is 18.2 Å². The third kappa shape index (κ3) is 4.69. The van der Waals surface area contributed by atoms with E-state index in [9.17, 15) is 4.79 Å². The Morgan fingerprint density at radius 3 is 2.63 bits per heavy atom. The van der Waals surface area contributed by atoms with Crippen molar-refractivity contribution >= 4 is 5.91 Å². The van der Waals surface area contributed by atoms with Gasteiger partial charge in [0.1, 0.15) is 12.3 Å². The zero-order chi connectivity index (χ0) is 19.2. The standard InChI is InChI=1S/C20H23N5O2/c1-15(2)24(13-16-8-5-4-6-9-16)19(26)14-25-22-20(21-23-25)17-10-7-11-18(12-17)27-3/h4-12,15H,13-14H2,1-3H3. The van der Waals surface area contributed by atoms with Crippen molar-refractivity contribution < 1.29 is 9.53 Å². The normalized spacial score (nSPS) is 10.8. The van der Waals surface area contributed by atoms with Crippen LogP contribution in [0, 0.1) is 0 Å². The van der Waals surface area contributed by atoms with Crippen molar-refractivity contribution in [1.82, 2.24) is 25.1 Å². The van der Waals surface area contributed by atoms with Crippen molar-refractivity contribution in [3.05, 3.63) is 60.2 Å². The maximum absolute atomic E-state index is 12.8. The molecule has 0 radical (unpaired) electrons. The van der Waals surface area contributed by atoms with E-state index in [1.807, 2.05) is 73.3 Å². The third-order valence-corrected chi connectivity index (χ3v) is 4.20. The molecule has 1 amide bonds. The Morgan fingerprint density at radius 1 is 1.15 bits per heavy atom.